The maximum atomic E-state index is 11.6. The van der Waals surface area contributed by atoms with Crippen molar-refractivity contribution in [1.29, 1.82) is 0 Å². The topological polar surface area (TPSA) is 64.8 Å². The van der Waals surface area contributed by atoms with E-state index >= 15 is 0 Å². The van der Waals surface area contributed by atoms with Crippen molar-refractivity contribution in [3.05, 3.63) is 14.3 Å². The Bertz CT molecular complexity index is 715. The number of aromatic nitrogens is 3. The Labute approximate surface area is 133 Å². The molecule has 0 fully saturated rings. The summed E-state index contributed by atoms with van der Waals surface area (Å²) >= 11 is 3.76. The highest BCUT2D eigenvalue weighted by Crippen LogP contribution is 2.32. The van der Waals surface area contributed by atoms with E-state index in [0.717, 1.165) is 8.45 Å². The van der Waals surface area contributed by atoms with E-state index in [2.05, 4.69) is 32.8 Å². The van der Waals surface area contributed by atoms with Gasteiger partial charge in [-0.1, -0.05) is 0 Å². The van der Waals surface area contributed by atoms with E-state index < -0.39 is 14.6 Å². The lowest BCUT2D eigenvalue weighted by Gasteiger charge is -2.23. The fraction of sp³-hybridized carbons (Fsp3) is 0.400. The van der Waals surface area contributed by atoms with Crippen molar-refractivity contribution in [3.63, 3.8) is 0 Å². The van der Waals surface area contributed by atoms with Crippen molar-refractivity contribution in [2.75, 3.05) is 0 Å². The van der Waals surface area contributed by atoms with E-state index in [1.165, 1.54) is 0 Å². The van der Waals surface area contributed by atoms with Gasteiger partial charge in [0.15, 0.2) is 5.82 Å². The van der Waals surface area contributed by atoms with Crippen molar-refractivity contribution in [1.82, 2.24) is 14.8 Å². The summed E-state index contributed by atoms with van der Waals surface area (Å²) < 4.78 is 25.8. The predicted octanol–water partition coefficient (Wildman–Crippen LogP) is 3.29. The maximum absolute atomic E-state index is 11.6. The van der Waals surface area contributed by atoms with Gasteiger partial charge in [0.1, 0.15) is 0 Å². The Morgan fingerprint density at radius 3 is 2.42 bits per heavy atom. The molecule has 0 amide bonds. The summed E-state index contributed by atoms with van der Waals surface area (Å²) in [6.07, 6.45) is 0. The first kappa shape index (κ1) is 15.2. The van der Waals surface area contributed by atoms with Crippen molar-refractivity contribution in [2.24, 2.45) is 0 Å². The Morgan fingerprint density at radius 2 is 2.00 bits per heavy atom. The molecule has 0 spiro atoms. The molecule has 0 N–H and O–H groups in total. The molecule has 5 nitrogen and oxygen atoms in total. The zero-order chi connectivity index (χ0) is 14.4. The molecule has 2 aromatic rings. The monoisotopic (exact) mass is 431 g/mol. The molecule has 0 atom stereocenters. The highest BCUT2D eigenvalue weighted by Gasteiger charge is 2.30. The highest BCUT2D eigenvalue weighted by atomic mass is 127. The second kappa shape index (κ2) is 4.97. The van der Waals surface area contributed by atoms with E-state index in [9.17, 15) is 8.42 Å². The summed E-state index contributed by atoms with van der Waals surface area (Å²) in [5.41, 5.74) is 0.340. The molecular weight excluding hydrogens is 421 g/mol. The van der Waals surface area contributed by atoms with E-state index in [1.807, 2.05) is 32.2 Å². The fourth-order valence-corrected chi connectivity index (χ4v) is 3.99. The number of thiophene rings is 1. The summed E-state index contributed by atoms with van der Waals surface area (Å²) in [5.74, 6) is 0.505. The van der Waals surface area contributed by atoms with Gasteiger partial charge in [0.2, 0.25) is 0 Å². The van der Waals surface area contributed by atoms with Gasteiger partial charge in [-0.05, 0) is 49.4 Å². The van der Waals surface area contributed by atoms with Gasteiger partial charge in [0.05, 0.1) is 2.88 Å². The van der Waals surface area contributed by atoms with Crippen LogP contribution in [0.1, 0.15) is 20.8 Å². The number of nitrogens with zero attached hydrogens (tertiary/aromatic N) is 3. The van der Waals surface area contributed by atoms with Gasteiger partial charge in [-0.2, -0.15) is 0 Å². The molecule has 104 valence electrons. The zero-order valence-electron chi connectivity index (χ0n) is 10.4. The van der Waals surface area contributed by atoms with Crippen LogP contribution in [0.25, 0.3) is 11.4 Å². The van der Waals surface area contributed by atoms with E-state index in [4.69, 9.17) is 10.7 Å². The summed E-state index contributed by atoms with van der Waals surface area (Å²) in [6, 6.07) is 1.93. The second-order valence-electron chi connectivity index (χ2n) is 4.89. The van der Waals surface area contributed by atoms with Gasteiger partial charge in [0, 0.05) is 27.2 Å². The molecule has 19 heavy (non-hydrogen) atoms. The Hall–Kier alpha value is -0.190. The van der Waals surface area contributed by atoms with Crippen LogP contribution >= 0.6 is 44.6 Å². The van der Waals surface area contributed by atoms with Crippen molar-refractivity contribution < 1.29 is 8.42 Å². The summed E-state index contributed by atoms with van der Waals surface area (Å²) in [6.45, 7) is 5.63. The molecule has 2 heterocycles. The number of hydrogen-bond acceptors (Lipinski definition) is 5. The van der Waals surface area contributed by atoms with E-state index in [0.29, 0.717) is 5.82 Å². The van der Waals surface area contributed by atoms with E-state index in [1.54, 1.807) is 15.9 Å². The molecule has 0 aliphatic carbocycles. The van der Waals surface area contributed by atoms with Gasteiger partial charge in [-0.15, -0.1) is 21.5 Å². The van der Waals surface area contributed by atoms with Gasteiger partial charge >= 0.3 is 0 Å². The molecule has 0 aromatic carbocycles. The molecule has 0 saturated carbocycles. The third-order valence-electron chi connectivity index (χ3n) is 2.35. The minimum atomic E-state index is -3.93. The second-order valence-corrected chi connectivity index (χ2v) is 10.2. The average Bonchev–Trinajstić information content (AvgIpc) is 2.79. The SMILES string of the molecule is CC(C)(C)n1c(-c2csc(I)c2)nnc1S(=O)(=O)Cl. The molecule has 9 heteroatoms. The Morgan fingerprint density at radius 1 is 1.37 bits per heavy atom. The van der Waals surface area contributed by atoms with Crippen LogP contribution in [0.15, 0.2) is 16.6 Å². The number of halogens is 2. The molecule has 0 unspecified atom stereocenters. The third-order valence-corrected chi connectivity index (χ3v) is 5.25. The smallest absolute Gasteiger partial charge is 0.291 e. The molecule has 0 aliphatic heterocycles. The van der Waals surface area contributed by atoms with Crippen LogP contribution in [0.2, 0.25) is 0 Å². The third kappa shape index (κ3) is 3.11. The molecule has 2 rings (SSSR count). The maximum Gasteiger partial charge on any atom is 0.296 e. The van der Waals surface area contributed by atoms with Gasteiger partial charge in [-0.25, -0.2) is 8.42 Å². The Kier molecular flexibility index (Phi) is 3.98. The molecular formula is C10H11ClIN3O2S2. The minimum absolute atomic E-state index is 0.224. The fourth-order valence-electron chi connectivity index (χ4n) is 1.65. The van der Waals surface area contributed by atoms with Crippen LogP contribution < -0.4 is 0 Å². The van der Waals surface area contributed by atoms with Crippen LogP contribution in [0.5, 0.6) is 0 Å². The van der Waals surface area contributed by atoms with E-state index in [-0.39, 0.29) is 5.16 Å². The number of hydrogen-bond donors (Lipinski definition) is 0. The molecule has 0 radical (unpaired) electrons. The predicted molar refractivity (Wildman–Crippen MR) is 84.1 cm³/mol. The average molecular weight is 432 g/mol. The van der Waals surface area contributed by atoms with Crippen LogP contribution in [-0.4, -0.2) is 23.2 Å². The quantitative estimate of drug-likeness (QED) is 0.541. The lowest BCUT2D eigenvalue weighted by molar-refractivity contribution is 0.367. The first-order valence-electron chi connectivity index (χ1n) is 5.25. The largest absolute Gasteiger partial charge is 0.296 e. The first-order valence-corrected chi connectivity index (χ1v) is 9.52. The van der Waals surface area contributed by atoms with Crippen LogP contribution in [0, 0.1) is 2.88 Å². The summed E-state index contributed by atoms with van der Waals surface area (Å²) in [4.78, 5) is 0. The van der Waals surface area contributed by atoms with Gasteiger partial charge in [0.25, 0.3) is 14.2 Å². The first-order chi connectivity index (χ1) is 8.60. The summed E-state index contributed by atoms with van der Waals surface area (Å²) in [5, 5.41) is 9.41. The van der Waals surface area contributed by atoms with Crippen LogP contribution in [0.3, 0.4) is 0 Å². The van der Waals surface area contributed by atoms with Crippen molar-refractivity contribution in [2.45, 2.75) is 31.5 Å². The normalized spacial score (nSPS) is 12.9. The zero-order valence-corrected chi connectivity index (χ0v) is 14.9. The van der Waals surface area contributed by atoms with Crippen LogP contribution in [-0.2, 0) is 14.6 Å². The van der Waals surface area contributed by atoms with Crippen LogP contribution in [0.4, 0.5) is 0 Å². The molecule has 0 aliphatic rings. The lowest BCUT2D eigenvalue weighted by atomic mass is 10.1. The van der Waals surface area contributed by atoms with Crippen molar-refractivity contribution >= 4 is 53.7 Å². The lowest BCUT2D eigenvalue weighted by Crippen LogP contribution is -2.25. The molecule has 2 aromatic heterocycles. The van der Waals surface area contributed by atoms with Gasteiger partial charge in [-0.3, -0.25) is 4.57 Å². The highest BCUT2D eigenvalue weighted by molar-refractivity contribution is 14.1. The number of rotatable bonds is 2. The standard InChI is InChI=1S/C10H11ClIN3O2S2/c1-10(2,3)15-8(6-4-7(12)18-5-6)13-14-9(15)19(11,16)17/h4-5H,1-3H3. The summed E-state index contributed by atoms with van der Waals surface area (Å²) in [7, 11) is 1.49. The van der Waals surface area contributed by atoms with Gasteiger partial charge < -0.3 is 0 Å². The molecule has 0 bridgehead atoms. The molecule has 0 saturated heterocycles. The Balaban J connectivity index is 2.74. The minimum Gasteiger partial charge on any atom is -0.291 e. The van der Waals surface area contributed by atoms with Crippen molar-refractivity contribution in [3.8, 4) is 11.4 Å².